The van der Waals surface area contributed by atoms with E-state index in [2.05, 4.69) is 14.9 Å². The molecule has 5 nitrogen and oxygen atoms in total. The Morgan fingerprint density at radius 1 is 1.46 bits per heavy atom. The number of aromatic amines is 1. The van der Waals surface area contributed by atoms with Gasteiger partial charge >= 0.3 is 0 Å². The number of hydrogen-bond acceptors (Lipinski definition) is 4. The third kappa shape index (κ3) is 4.30. The highest BCUT2D eigenvalue weighted by Crippen LogP contribution is 2.17. The Hall–Kier alpha value is -1.98. The zero-order valence-electron chi connectivity index (χ0n) is 14.4. The number of nitrogens with zero attached hydrogens (tertiary/aromatic N) is 2. The zero-order chi connectivity index (χ0) is 16.9. The Labute approximate surface area is 143 Å². The second-order valence-electron chi connectivity index (χ2n) is 6.58. The number of carbonyl (C=O) groups is 1. The molecule has 2 aromatic heterocycles. The number of hydrogen-bond donors (Lipinski definition) is 1. The highest BCUT2D eigenvalue weighted by molar-refractivity contribution is 5.98. The lowest BCUT2D eigenvalue weighted by atomic mass is 10.1. The molecule has 0 aliphatic carbocycles. The molecule has 3 rings (SSSR count). The molecule has 1 N–H and O–H groups in total. The average molecular weight is 327 g/mol. The molecule has 1 unspecified atom stereocenters. The van der Waals surface area contributed by atoms with Gasteiger partial charge in [0.1, 0.15) is 0 Å². The van der Waals surface area contributed by atoms with Crippen molar-refractivity contribution in [3.05, 3.63) is 53.1 Å². The zero-order valence-corrected chi connectivity index (χ0v) is 14.4. The first-order valence-electron chi connectivity index (χ1n) is 8.54. The van der Waals surface area contributed by atoms with E-state index < -0.39 is 0 Å². The van der Waals surface area contributed by atoms with Crippen LogP contribution in [0.5, 0.6) is 0 Å². The number of H-pyrrole nitrogens is 1. The molecule has 5 heteroatoms. The second-order valence-corrected chi connectivity index (χ2v) is 6.58. The third-order valence-corrected chi connectivity index (χ3v) is 4.43. The SMILES string of the molecule is Cc1cc(C(=O)CN(Cc2cccnc2)CC2CCCO2)c(C)[nH]1. The van der Waals surface area contributed by atoms with Crippen molar-refractivity contribution in [1.82, 2.24) is 14.9 Å². The van der Waals surface area contributed by atoms with E-state index in [1.54, 1.807) is 6.20 Å². The number of nitrogens with one attached hydrogen (secondary N) is 1. The minimum absolute atomic E-state index is 0.152. The summed E-state index contributed by atoms with van der Waals surface area (Å²) in [7, 11) is 0. The second kappa shape index (κ2) is 7.73. The first-order chi connectivity index (χ1) is 11.6. The van der Waals surface area contributed by atoms with Crippen molar-refractivity contribution in [3.63, 3.8) is 0 Å². The van der Waals surface area contributed by atoms with Crippen LogP contribution in [-0.4, -0.2) is 46.5 Å². The highest BCUT2D eigenvalue weighted by atomic mass is 16.5. The Morgan fingerprint density at radius 3 is 2.96 bits per heavy atom. The maximum absolute atomic E-state index is 12.7. The molecule has 1 fully saturated rings. The van der Waals surface area contributed by atoms with Crippen LogP contribution in [0.4, 0.5) is 0 Å². The fourth-order valence-electron chi connectivity index (χ4n) is 3.31. The molecule has 0 spiro atoms. The van der Waals surface area contributed by atoms with Gasteiger partial charge in [0.2, 0.25) is 0 Å². The summed E-state index contributed by atoms with van der Waals surface area (Å²) in [6, 6.07) is 5.92. The summed E-state index contributed by atoms with van der Waals surface area (Å²) in [5.41, 5.74) is 3.87. The van der Waals surface area contributed by atoms with Gasteiger partial charge in [-0.3, -0.25) is 14.7 Å². The molecule has 24 heavy (non-hydrogen) atoms. The molecule has 0 amide bonds. The molecule has 1 aliphatic rings. The van der Waals surface area contributed by atoms with Crippen molar-refractivity contribution in [3.8, 4) is 0 Å². The number of ketones is 1. The van der Waals surface area contributed by atoms with E-state index in [0.717, 1.165) is 48.5 Å². The first-order valence-corrected chi connectivity index (χ1v) is 8.54. The van der Waals surface area contributed by atoms with Gasteiger partial charge in [0.25, 0.3) is 0 Å². The van der Waals surface area contributed by atoms with Crippen molar-refractivity contribution < 1.29 is 9.53 Å². The maximum Gasteiger partial charge on any atom is 0.178 e. The number of carbonyl (C=O) groups excluding carboxylic acids is 1. The Bertz CT molecular complexity index is 675. The fraction of sp³-hybridized carbons (Fsp3) is 0.474. The lowest BCUT2D eigenvalue weighted by Gasteiger charge is -2.24. The molecule has 0 saturated carbocycles. The fourth-order valence-corrected chi connectivity index (χ4v) is 3.31. The molecule has 1 atom stereocenters. The average Bonchev–Trinajstić information content (AvgIpc) is 3.17. The van der Waals surface area contributed by atoms with Crippen molar-refractivity contribution in [2.24, 2.45) is 0 Å². The van der Waals surface area contributed by atoms with E-state index >= 15 is 0 Å². The van der Waals surface area contributed by atoms with Crippen LogP contribution in [-0.2, 0) is 11.3 Å². The number of aryl methyl sites for hydroxylation is 2. The van der Waals surface area contributed by atoms with Crippen molar-refractivity contribution in [2.45, 2.75) is 39.3 Å². The predicted octanol–water partition coefficient (Wildman–Crippen LogP) is 2.89. The summed E-state index contributed by atoms with van der Waals surface area (Å²) in [6.45, 7) is 6.64. The van der Waals surface area contributed by atoms with E-state index in [9.17, 15) is 4.79 Å². The molecule has 0 radical (unpaired) electrons. The lowest BCUT2D eigenvalue weighted by molar-refractivity contribution is 0.0650. The number of Topliss-reactive ketones (excluding diaryl/α,β-unsaturated/α-hetero) is 1. The van der Waals surface area contributed by atoms with Crippen molar-refractivity contribution in [2.75, 3.05) is 19.7 Å². The van der Waals surface area contributed by atoms with Gasteiger partial charge in [-0.05, 0) is 44.4 Å². The minimum atomic E-state index is 0.152. The van der Waals surface area contributed by atoms with E-state index in [-0.39, 0.29) is 11.9 Å². The van der Waals surface area contributed by atoms with Gasteiger partial charge in [0.15, 0.2) is 5.78 Å². The van der Waals surface area contributed by atoms with Gasteiger partial charge in [-0.25, -0.2) is 0 Å². The van der Waals surface area contributed by atoms with Gasteiger partial charge in [-0.2, -0.15) is 0 Å². The molecule has 2 aromatic rings. The molecule has 0 aromatic carbocycles. The van der Waals surface area contributed by atoms with E-state index in [0.29, 0.717) is 13.1 Å². The summed E-state index contributed by atoms with van der Waals surface area (Å²) >= 11 is 0. The quantitative estimate of drug-likeness (QED) is 0.795. The van der Waals surface area contributed by atoms with Gasteiger partial charge in [-0.1, -0.05) is 6.07 Å². The summed E-state index contributed by atoms with van der Waals surface area (Å²) in [5, 5.41) is 0. The van der Waals surface area contributed by atoms with Gasteiger partial charge in [-0.15, -0.1) is 0 Å². The van der Waals surface area contributed by atoms with E-state index in [4.69, 9.17) is 4.74 Å². The van der Waals surface area contributed by atoms with E-state index in [1.165, 1.54) is 0 Å². The number of rotatable bonds is 7. The van der Waals surface area contributed by atoms with Gasteiger partial charge in [0, 0.05) is 49.0 Å². The van der Waals surface area contributed by atoms with Gasteiger partial charge in [0.05, 0.1) is 12.6 Å². The summed E-state index contributed by atoms with van der Waals surface area (Å²) in [4.78, 5) is 22.3. The van der Waals surface area contributed by atoms with Crippen LogP contribution in [0.1, 0.15) is 40.2 Å². The normalized spacial score (nSPS) is 17.5. The van der Waals surface area contributed by atoms with Crippen molar-refractivity contribution in [1.29, 1.82) is 0 Å². The van der Waals surface area contributed by atoms with Crippen LogP contribution in [0.25, 0.3) is 0 Å². The third-order valence-electron chi connectivity index (χ3n) is 4.43. The molecule has 1 aliphatic heterocycles. The van der Waals surface area contributed by atoms with Crippen molar-refractivity contribution >= 4 is 5.78 Å². The minimum Gasteiger partial charge on any atom is -0.377 e. The molecular weight excluding hydrogens is 302 g/mol. The largest absolute Gasteiger partial charge is 0.377 e. The standard InChI is InChI=1S/C19H25N3O2/c1-14-9-18(15(2)21-14)19(23)13-22(12-17-6-4-8-24-17)11-16-5-3-7-20-10-16/h3,5,7,9-10,17,21H,4,6,8,11-13H2,1-2H3. The summed E-state index contributed by atoms with van der Waals surface area (Å²) < 4.78 is 5.76. The van der Waals surface area contributed by atoms with Crippen LogP contribution in [0.15, 0.2) is 30.6 Å². The van der Waals surface area contributed by atoms with Crippen LogP contribution in [0, 0.1) is 13.8 Å². The Balaban J connectivity index is 1.70. The predicted molar refractivity (Wildman–Crippen MR) is 93.1 cm³/mol. The maximum atomic E-state index is 12.7. The smallest absolute Gasteiger partial charge is 0.178 e. The van der Waals surface area contributed by atoms with Crippen LogP contribution in [0.3, 0.4) is 0 Å². The lowest BCUT2D eigenvalue weighted by Crippen LogP contribution is -2.36. The van der Waals surface area contributed by atoms with Crippen LogP contribution in [0.2, 0.25) is 0 Å². The Kier molecular flexibility index (Phi) is 5.43. The van der Waals surface area contributed by atoms with Crippen LogP contribution >= 0.6 is 0 Å². The first kappa shape index (κ1) is 16.9. The number of pyridine rings is 1. The number of ether oxygens (including phenoxy) is 1. The number of aromatic nitrogens is 2. The van der Waals surface area contributed by atoms with E-state index in [1.807, 2.05) is 38.2 Å². The topological polar surface area (TPSA) is 58.2 Å². The molecule has 128 valence electrons. The monoisotopic (exact) mass is 327 g/mol. The highest BCUT2D eigenvalue weighted by Gasteiger charge is 2.22. The summed E-state index contributed by atoms with van der Waals surface area (Å²) in [5.74, 6) is 0.152. The molecule has 0 bridgehead atoms. The summed E-state index contributed by atoms with van der Waals surface area (Å²) in [6.07, 6.45) is 6.03. The molecule has 1 saturated heterocycles. The van der Waals surface area contributed by atoms with Gasteiger partial charge < -0.3 is 9.72 Å². The molecular formula is C19H25N3O2. The molecule has 3 heterocycles. The van der Waals surface area contributed by atoms with Crippen LogP contribution < -0.4 is 0 Å². The Morgan fingerprint density at radius 2 is 2.33 bits per heavy atom.